The quantitative estimate of drug-likeness (QED) is 0.859. The van der Waals surface area contributed by atoms with Gasteiger partial charge < -0.3 is 20.1 Å². The Morgan fingerprint density at radius 1 is 0.947 bits per heavy atom. The fraction of sp³-hybridized carbons (Fsp3) is 0.231. The van der Waals surface area contributed by atoms with Crippen molar-refractivity contribution in [2.45, 2.75) is 0 Å². The fourth-order valence-electron chi connectivity index (χ4n) is 1.62. The third-order valence-electron chi connectivity index (χ3n) is 2.58. The molecule has 0 saturated carbocycles. The van der Waals surface area contributed by atoms with Gasteiger partial charge in [0, 0.05) is 24.9 Å². The SMILES string of the molecule is CNc1cc(Nc2ccc(OC)c(OC)c2)ncn1. The van der Waals surface area contributed by atoms with Crippen molar-refractivity contribution < 1.29 is 9.47 Å². The molecular formula is C13H16N4O2. The van der Waals surface area contributed by atoms with Crippen LogP contribution in [0.1, 0.15) is 0 Å². The van der Waals surface area contributed by atoms with Crippen LogP contribution >= 0.6 is 0 Å². The summed E-state index contributed by atoms with van der Waals surface area (Å²) in [6.07, 6.45) is 1.49. The van der Waals surface area contributed by atoms with Gasteiger partial charge >= 0.3 is 0 Å². The summed E-state index contributed by atoms with van der Waals surface area (Å²) >= 11 is 0. The molecule has 19 heavy (non-hydrogen) atoms. The second-order valence-electron chi connectivity index (χ2n) is 3.73. The Kier molecular flexibility index (Phi) is 4.02. The van der Waals surface area contributed by atoms with E-state index < -0.39 is 0 Å². The van der Waals surface area contributed by atoms with Crippen LogP contribution < -0.4 is 20.1 Å². The number of benzene rings is 1. The number of nitrogens with one attached hydrogen (secondary N) is 2. The topological polar surface area (TPSA) is 68.3 Å². The molecule has 2 aromatic rings. The third kappa shape index (κ3) is 3.04. The van der Waals surface area contributed by atoms with Crippen molar-refractivity contribution in [3.8, 4) is 11.5 Å². The number of hydrogen-bond acceptors (Lipinski definition) is 6. The Bertz CT molecular complexity index is 560. The van der Waals surface area contributed by atoms with E-state index in [4.69, 9.17) is 9.47 Å². The van der Waals surface area contributed by atoms with E-state index in [1.165, 1.54) is 6.33 Å². The number of nitrogens with zero attached hydrogens (tertiary/aromatic N) is 2. The van der Waals surface area contributed by atoms with Crippen LogP contribution in [-0.4, -0.2) is 31.2 Å². The second kappa shape index (κ2) is 5.90. The first kappa shape index (κ1) is 12.9. The Hall–Kier alpha value is -2.50. The minimum Gasteiger partial charge on any atom is -0.493 e. The first-order chi connectivity index (χ1) is 9.26. The van der Waals surface area contributed by atoms with E-state index in [9.17, 15) is 0 Å². The molecule has 0 spiro atoms. The van der Waals surface area contributed by atoms with Gasteiger partial charge in [0.1, 0.15) is 18.0 Å². The highest BCUT2D eigenvalue weighted by Crippen LogP contribution is 2.30. The van der Waals surface area contributed by atoms with Gasteiger partial charge in [-0.2, -0.15) is 0 Å². The molecule has 6 heteroatoms. The molecule has 2 rings (SSSR count). The maximum atomic E-state index is 5.25. The zero-order chi connectivity index (χ0) is 13.7. The Morgan fingerprint density at radius 2 is 1.68 bits per heavy atom. The molecule has 0 saturated heterocycles. The van der Waals surface area contributed by atoms with Gasteiger partial charge in [0.05, 0.1) is 14.2 Å². The molecular weight excluding hydrogens is 244 g/mol. The summed E-state index contributed by atoms with van der Waals surface area (Å²) in [5.74, 6) is 2.80. The predicted octanol–water partition coefficient (Wildman–Crippen LogP) is 2.28. The third-order valence-corrected chi connectivity index (χ3v) is 2.58. The Labute approximate surface area is 111 Å². The van der Waals surface area contributed by atoms with Crippen molar-refractivity contribution in [3.63, 3.8) is 0 Å². The highest BCUT2D eigenvalue weighted by molar-refractivity contribution is 5.62. The van der Waals surface area contributed by atoms with Crippen molar-refractivity contribution in [1.29, 1.82) is 0 Å². The average molecular weight is 260 g/mol. The van der Waals surface area contributed by atoms with Crippen molar-refractivity contribution in [2.75, 3.05) is 31.9 Å². The van der Waals surface area contributed by atoms with E-state index in [2.05, 4.69) is 20.6 Å². The van der Waals surface area contributed by atoms with Crippen molar-refractivity contribution in [2.24, 2.45) is 0 Å². The average Bonchev–Trinajstić information content (AvgIpc) is 2.47. The van der Waals surface area contributed by atoms with E-state index in [1.54, 1.807) is 14.2 Å². The first-order valence-electron chi connectivity index (χ1n) is 5.75. The molecule has 0 aliphatic heterocycles. The first-order valence-corrected chi connectivity index (χ1v) is 5.75. The fourth-order valence-corrected chi connectivity index (χ4v) is 1.62. The molecule has 0 aliphatic carbocycles. The van der Waals surface area contributed by atoms with E-state index in [0.717, 1.165) is 11.5 Å². The summed E-state index contributed by atoms with van der Waals surface area (Å²) in [6.45, 7) is 0. The van der Waals surface area contributed by atoms with Crippen LogP contribution in [0.5, 0.6) is 11.5 Å². The lowest BCUT2D eigenvalue weighted by atomic mass is 10.2. The number of rotatable bonds is 5. The van der Waals surface area contributed by atoms with Crippen LogP contribution in [0.15, 0.2) is 30.6 Å². The van der Waals surface area contributed by atoms with Gasteiger partial charge in [-0.15, -0.1) is 0 Å². The zero-order valence-electron chi connectivity index (χ0n) is 11.1. The van der Waals surface area contributed by atoms with Gasteiger partial charge in [-0.1, -0.05) is 0 Å². The normalized spacial score (nSPS) is 9.84. The van der Waals surface area contributed by atoms with E-state index in [-0.39, 0.29) is 0 Å². The summed E-state index contributed by atoms with van der Waals surface area (Å²) in [4.78, 5) is 8.20. The van der Waals surface area contributed by atoms with Gasteiger partial charge in [-0.25, -0.2) is 9.97 Å². The predicted molar refractivity (Wildman–Crippen MR) is 74.4 cm³/mol. The minimum atomic E-state index is 0.662. The molecule has 2 N–H and O–H groups in total. The maximum Gasteiger partial charge on any atom is 0.162 e. The molecule has 0 unspecified atom stereocenters. The summed E-state index contributed by atoms with van der Waals surface area (Å²) in [7, 11) is 5.02. The van der Waals surface area contributed by atoms with Gasteiger partial charge in [0.25, 0.3) is 0 Å². The Balaban J connectivity index is 2.22. The monoisotopic (exact) mass is 260 g/mol. The van der Waals surface area contributed by atoms with Crippen LogP contribution in [0.4, 0.5) is 17.3 Å². The Morgan fingerprint density at radius 3 is 2.37 bits per heavy atom. The van der Waals surface area contributed by atoms with E-state index >= 15 is 0 Å². The summed E-state index contributed by atoms with van der Waals surface area (Å²) in [5.41, 5.74) is 0.860. The van der Waals surface area contributed by atoms with Gasteiger partial charge in [0.2, 0.25) is 0 Å². The molecule has 1 aromatic heterocycles. The molecule has 0 radical (unpaired) electrons. The maximum absolute atomic E-state index is 5.25. The summed E-state index contributed by atoms with van der Waals surface area (Å²) in [5, 5.41) is 6.14. The number of anilines is 3. The highest BCUT2D eigenvalue weighted by atomic mass is 16.5. The largest absolute Gasteiger partial charge is 0.493 e. The lowest BCUT2D eigenvalue weighted by Gasteiger charge is -2.11. The van der Waals surface area contributed by atoms with Gasteiger partial charge in [-0.05, 0) is 12.1 Å². The minimum absolute atomic E-state index is 0.662. The van der Waals surface area contributed by atoms with Crippen LogP contribution in [0.3, 0.4) is 0 Å². The van der Waals surface area contributed by atoms with Crippen LogP contribution in [0.25, 0.3) is 0 Å². The van der Waals surface area contributed by atoms with Crippen LogP contribution in [-0.2, 0) is 0 Å². The van der Waals surface area contributed by atoms with Crippen molar-refractivity contribution >= 4 is 17.3 Å². The number of aromatic nitrogens is 2. The van der Waals surface area contributed by atoms with Crippen LogP contribution in [0.2, 0.25) is 0 Å². The summed E-state index contributed by atoms with van der Waals surface area (Å²) in [6, 6.07) is 7.39. The van der Waals surface area contributed by atoms with Crippen LogP contribution in [0, 0.1) is 0 Å². The molecule has 0 bridgehead atoms. The smallest absolute Gasteiger partial charge is 0.162 e. The standard InChI is InChI=1S/C13H16N4O2/c1-14-12-7-13(16-8-15-12)17-9-4-5-10(18-2)11(6-9)19-3/h4-8H,1-3H3,(H2,14,15,16,17). The van der Waals surface area contributed by atoms with E-state index in [1.807, 2.05) is 31.3 Å². The van der Waals surface area contributed by atoms with Gasteiger partial charge in [-0.3, -0.25) is 0 Å². The van der Waals surface area contributed by atoms with Crippen molar-refractivity contribution in [3.05, 3.63) is 30.6 Å². The molecule has 0 amide bonds. The molecule has 0 fully saturated rings. The van der Waals surface area contributed by atoms with Gasteiger partial charge in [0.15, 0.2) is 11.5 Å². The highest BCUT2D eigenvalue weighted by Gasteiger charge is 2.05. The molecule has 0 atom stereocenters. The zero-order valence-corrected chi connectivity index (χ0v) is 11.1. The van der Waals surface area contributed by atoms with E-state index in [0.29, 0.717) is 17.3 Å². The lowest BCUT2D eigenvalue weighted by molar-refractivity contribution is 0.355. The molecule has 0 aliphatic rings. The molecule has 1 heterocycles. The number of hydrogen-bond donors (Lipinski definition) is 2. The van der Waals surface area contributed by atoms with Crippen molar-refractivity contribution in [1.82, 2.24) is 9.97 Å². The summed E-state index contributed by atoms with van der Waals surface area (Å²) < 4.78 is 10.4. The number of ether oxygens (including phenoxy) is 2. The molecule has 6 nitrogen and oxygen atoms in total. The molecule has 1 aromatic carbocycles. The lowest BCUT2D eigenvalue weighted by Crippen LogP contribution is -1.98. The molecule has 100 valence electrons. The number of methoxy groups -OCH3 is 2. The second-order valence-corrected chi connectivity index (χ2v) is 3.73.